The highest BCUT2D eigenvalue weighted by molar-refractivity contribution is 6.15. The molecule has 4 aromatic carbocycles. The Morgan fingerprint density at radius 1 is 0.775 bits per heavy atom. The first-order valence-corrected chi connectivity index (χ1v) is 30.0. The fourth-order valence-corrected chi connectivity index (χ4v) is 11.2. The van der Waals surface area contributed by atoms with Gasteiger partial charge in [0.2, 0.25) is 11.8 Å². The molecule has 7 amide bonds. The largest absolute Gasteiger partial charge is 0.493 e. The minimum Gasteiger partial charge on any atom is -0.493 e. The van der Waals surface area contributed by atoms with E-state index in [4.69, 9.17) is 30.3 Å². The number of aliphatic imine (C=N–C) groups is 1. The maximum absolute atomic E-state index is 14.2. The molecule has 0 saturated heterocycles. The number of Topliss-reactive ketones (excluding diaryl/α,β-unsaturated/α-hetero) is 1. The zero-order valence-electron chi connectivity index (χ0n) is 51.0. The maximum Gasteiger partial charge on any atom is 0.416 e. The van der Waals surface area contributed by atoms with E-state index in [9.17, 15) is 43.5 Å². The fraction of sp³-hybridized carbons (Fsp3) is 0.403. The normalized spacial score (nSPS) is 18.1. The number of unbranched alkanes of at least 4 members (excludes halogenated alkanes) is 4. The number of imide groups is 1. The first-order chi connectivity index (χ1) is 42.7. The van der Waals surface area contributed by atoms with Crippen LogP contribution in [-0.2, 0) is 35.3 Å². The molecular weight excluding hydrogens is 1140 g/mol. The number of hydrogen-bond acceptors (Lipinski definition) is 15. The van der Waals surface area contributed by atoms with Crippen molar-refractivity contribution in [3.63, 3.8) is 0 Å². The number of methoxy groups -OCH3 is 1. The zero-order valence-corrected chi connectivity index (χ0v) is 51.0. The molecular formula is C67H74N8O14. The molecule has 3 N–H and O–H groups in total. The van der Waals surface area contributed by atoms with Gasteiger partial charge in [-0.05, 0) is 119 Å². The summed E-state index contributed by atoms with van der Waals surface area (Å²) in [7, 11) is 1.45. The average molecular weight is 1220 g/mol. The molecule has 0 spiro atoms. The van der Waals surface area contributed by atoms with Crippen LogP contribution in [0.15, 0.2) is 113 Å². The van der Waals surface area contributed by atoms with Gasteiger partial charge in [-0.25, -0.2) is 14.5 Å². The Labute approximate surface area is 516 Å². The lowest BCUT2D eigenvalue weighted by atomic mass is 9.92. The van der Waals surface area contributed by atoms with E-state index in [1.165, 1.54) is 36.3 Å². The molecule has 22 nitrogen and oxygen atoms in total. The van der Waals surface area contributed by atoms with Crippen LogP contribution < -0.4 is 34.5 Å². The van der Waals surface area contributed by atoms with E-state index < -0.39 is 54.0 Å². The average Bonchev–Trinajstić information content (AvgIpc) is 3.96. The van der Waals surface area contributed by atoms with Crippen LogP contribution >= 0.6 is 0 Å². The Balaban J connectivity index is 0.728. The number of ketones is 1. The summed E-state index contributed by atoms with van der Waals surface area (Å²) in [5.41, 5.74) is 5.45. The van der Waals surface area contributed by atoms with E-state index in [0.29, 0.717) is 84.8 Å². The summed E-state index contributed by atoms with van der Waals surface area (Å²) < 4.78 is 29.5. The lowest BCUT2D eigenvalue weighted by molar-refractivity contribution is -0.138. The smallest absolute Gasteiger partial charge is 0.416 e. The summed E-state index contributed by atoms with van der Waals surface area (Å²) in [4.78, 5) is 120. The van der Waals surface area contributed by atoms with Crippen LogP contribution in [0.1, 0.15) is 131 Å². The number of fused-ring (bicyclic) bond motifs is 4. The van der Waals surface area contributed by atoms with Crippen molar-refractivity contribution in [3.05, 3.63) is 142 Å². The topological polar surface area (TPSA) is 257 Å². The molecule has 4 aromatic rings. The molecule has 9 rings (SSSR count). The number of carbonyl (C=O) groups is 8. The number of aryl methyl sites for hydroxylation is 1. The number of aliphatic hydroxyl groups excluding tert-OH is 1. The van der Waals surface area contributed by atoms with Gasteiger partial charge in [0.25, 0.3) is 23.6 Å². The van der Waals surface area contributed by atoms with E-state index >= 15 is 0 Å². The van der Waals surface area contributed by atoms with Crippen LogP contribution in [0, 0.1) is 25.3 Å². The lowest BCUT2D eigenvalue weighted by Crippen LogP contribution is -2.50. The van der Waals surface area contributed by atoms with Gasteiger partial charge in [-0.1, -0.05) is 62.6 Å². The second kappa shape index (κ2) is 28.5. The number of nitrogens with one attached hydrogen (secondary N) is 2. The predicted octanol–water partition coefficient (Wildman–Crippen LogP) is 10.2. The SMILES string of the molecule is [C-]#[N+]c1ccc(OC2=CC(=O)N(CCCCCC(=O)N[C@@H](C(=O)C[C@H](C)C(=O)Nc3ccc(COC(=O)N4c5cc(OCCCCCOc6cc7c(cc6C)C(=O)N6C=C(C)C[C@@H]6C=N7)c(OC)cc5C(=O)N5C=C(C)C[C@@H]5[C@H]4O)cc3)C(C)C)C2=O)cc1. The third-order valence-electron chi connectivity index (χ3n) is 16.1. The van der Waals surface area contributed by atoms with Crippen molar-refractivity contribution < 1.29 is 67.1 Å². The molecule has 5 aliphatic rings. The quantitative estimate of drug-likeness (QED) is 0.0300. The van der Waals surface area contributed by atoms with Crippen molar-refractivity contribution in [2.24, 2.45) is 16.8 Å². The molecule has 0 aliphatic carbocycles. The molecule has 89 heavy (non-hydrogen) atoms. The molecule has 0 radical (unpaired) electrons. The van der Waals surface area contributed by atoms with E-state index in [1.54, 1.807) is 68.3 Å². The number of ether oxygens (including phenoxy) is 5. The minimum atomic E-state index is -1.51. The Morgan fingerprint density at radius 3 is 2.17 bits per heavy atom. The summed E-state index contributed by atoms with van der Waals surface area (Å²) in [5, 5.41) is 17.6. The number of benzene rings is 4. The van der Waals surface area contributed by atoms with Crippen LogP contribution in [0.4, 0.5) is 27.5 Å². The Bertz CT molecular complexity index is 3590. The molecule has 22 heteroatoms. The van der Waals surface area contributed by atoms with E-state index in [1.807, 2.05) is 45.3 Å². The fourth-order valence-electron chi connectivity index (χ4n) is 11.2. The van der Waals surface area contributed by atoms with Gasteiger partial charge in [0.1, 0.15) is 18.1 Å². The van der Waals surface area contributed by atoms with Crippen molar-refractivity contribution in [1.29, 1.82) is 0 Å². The Morgan fingerprint density at radius 2 is 1.46 bits per heavy atom. The number of rotatable bonds is 26. The highest BCUT2D eigenvalue weighted by Crippen LogP contribution is 2.42. The summed E-state index contributed by atoms with van der Waals surface area (Å²) in [5.74, 6) is -2.35. The molecule has 0 aromatic heterocycles. The van der Waals surface area contributed by atoms with Gasteiger partial charge < -0.3 is 49.2 Å². The third-order valence-corrected chi connectivity index (χ3v) is 16.1. The molecule has 0 bridgehead atoms. The van der Waals surface area contributed by atoms with Crippen molar-refractivity contribution in [3.8, 4) is 23.0 Å². The van der Waals surface area contributed by atoms with Gasteiger partial charge in [-0.15, -0.1) is 0 Å². The van der Waals surface area contributed by atoms with Crippen LogP contribution in [0.2, 0.25) is 0 Å². The first kappa shape index (κ1) is 63.9. The first-order valence-electron chi connectivity index (χ1n) is 30.0. The van der Waals surface area contributed by atoms with E-state index in [-0.39, 0.29) is 90.7 Å². The Kier molecular flexibility index (Phi) is 20.4. The van der Waals surface area contributed by atoms with Crippen LogP contribution in [-0.4, -0.2) is 125 Å². The van der Waals surface area contributed by atoms with Gasteiger partial charge in [-0.2, -0.15) is 0 Å². The van der Waals surface area contributed by atoms with Gasteiger partial charge in [0.05, 0.1) is 73.6 Å². The molecule has 0 unspecified atom stereocenters. The third kappa shape index (κ3) is 15.0. The van der Waals surface area contributed by atoms with Crippen molar-refractivity contribution in [1.82, 2.24) is 20.0 Å². The summed E-state index contributed by atoms with van der Waals surface area (Å²) in [6.45, 7) is 18.6. The van der Waals surface area contributed by atoms with Gasteiger partial charge in [0, 0.05) is 61.7 Å². The number of aliphatic hydroxyl groups is 1. The number of anilines is 2. The summed E-state index contributed by atoms with van der Waals surface area (Å²) in [6.07, 6.45) is 8.53. The molecule has 466 valence electrons. The van der Waals surface area contributed by atoms with Crippen LogP contribution in [0.3, 0.4) is 0 Å². The molecule has 5 heterocycles. The van der Waals surface area contributed by atoms with Crippen molar-refractivity contribution in [2.75, 3.05) is 37.1 Å². The second-order valence-electron chi connectivity index (χ2n) is 23.3. The predicted molar refractivity (Wildman–Crippen MR) is 330 cm³/mol. The van der Waals surface area contributed by atoms with Crippen LogP contribution in [0.5, 0.6) is 23.0 Å². The zero-order chi connectivity index (χ0) is 63.6. The molecule has 5 aliphatic heterocycles. The van der Waals surface area contributed by atoms with Crippen molar-refractivity contribution in [2.45, 2.75) is 137 Å². The van der Waals surface area contributed by atoms with Gasteiger partial charge >= 0.3 is 6.09 Å². The number of amides is 7. The molecule has 0 fully saturated rings. The second-order valence-corrected chi connectivity index (χ2v) is 23.3. The molecule has 0 saturated carbocycles. The number of carbonyl (C=O) groups excluding carboxylic acids is 8. The number of nitrogens with zero attached hydrogens (tertiary/aromatic N) is 6. The van der Waals surface area contributed by atoms with Gasteiger partial charge in [0.15, 0.2) is 35.0 Å². The monoisotopic (exact) mass is 1210 g/mol. The molecule has 5 atom stereocenters. The van der Waals surface area contributed by atoms with Crippen molar-refractivity contribution >= 4 is 76.3 Å². The number of hydrogen-bond donors (Lipinski definition) is 3. The highest BCUT2D eigenvalue weighted by atomic mass is 16.6. The summed E-state index contributed by atoms with van der Waals surface area (Å²) in [6, 6.07) is 17.6. The maximum atomic E-state index is 14.2. The highest BCUT2D eigenvalue weighted by Gasteiger charge is 2.45. The van der Waals surface area contributed by atoms with E-state index in [0.717, 1.165) is 45.4 Å². The Hall–Kier alpha value is -9.62. The standard InChI is InChI=1S/C67H74N8O14/c1-39(2)61(71-59(77)15-11-9-12-24-72-60(78)34-58(66(72)83)89-48-22-20-45(68-7)21-23-48)54(76)30-43(6)62(79)70-46-18-16-44(17-19-46)38-88-67(84)75-52-33-57(56(85-8)31-50(52)64(81)74-37-41(4)28-53(74)65(75)82)87-26-14-10-13-25-86-55-32-51-49(29-42(55)5)63(80)73-36-40(3)27-47(73)35-69-51/h16-23,29,31-37,39,43,47,53,61,65,82H,9-15,24-28,30,38H2,1-6,8H3,(H,70,79)(H,71,77)/t43-,47+,53+,61+,65+/m0/s1. The summed E-state index contributed by atoms with van der Waals surface area (Å²) >= 11 is 0. The van der Waals surface area contributed by atoms with Crippen LogP contribution in [0.25, 0.3) is 4.85 Å². The van der Waals surface area contributed by atoms with Gasteiger partial charge in [-0.3, -0.25) is 43.5 Å². The minimum absolute atomic E-state index is 0.0720. The lowest BCUT2D eigenvalue weighted by Gasteiger charge is -2.31. The van der Waals surface area contributed by atoms with E-state index in [2.05, 4.69) is 20.5 Å².